The number of aromatic nitrogens is 3. The van der Waals surface area contributed by atoms with Crippen molar-refractivity contribution in [3.63, 3.8) is 0 Å². The first-order valence-corrected chi connectivity index (χ1v) is 7.52. The number of carbonyl (C=O) groups is 1. The van der Waals surface area contributed by atoms with Crippen molar-refractivity contribution in [1.29, 1.82) is 0 Å². The normalized spacial score (nSPS) is 11.1. The number of benzene rings is 1. The van der Waals surface area contributed by atoms with Crippen LogP contribution >= 0.6 is 23.4 Å². The minimum atomic E-state index is -0.956. The van der Waals surface area contributed by atoms with Crippen LogP contribution in [0.2, 0.25) is 5.02 Å². The van der Waals surface area contributed by atoms with Crippen LogP contribution in [-0.2, 0) is 4.79 Å². The Morgan fingerprint density at radius 2 is 2.19 bits per heavy atom. The van der Waals surface area contributed by atoms with Crippen LogP contribution in [0, 0.1) is 5.82 Å². The fourth-order valence-corrected chi connectivity index (χ4v) is 2.54. The van der Waals surface area contributed by atoms with Crippen molar-refractivity contribution in [3.8, 4) is 5.69 Å². The van der Waals surface area contributed by atoms with Gasteiger partial charge >= 0.3 is 5.97 Å². The highest BCUT2D eigenvalue weighted by Crippen LogP contribution is 2.27. The van der Waals surface area contributed by atoms with Gasteiger partial charge in [-0.25, -0.2) is 4.39 Å². The third kappa shape index (κ3) is 3.54. The summed E-state index contributed by atoms with van der Waals surface area (Å²) in [5.41, 5.74) is 0.512. The standard InChI is InChI=1S/C13H13ClFN3O2S/c1-7(2)12-16-17-13(21-6-11(19)20)18(12)8-3-4-9(14)10(15)5-8/h3-5,7H,6H2,1-2H3,(H,19,20). The number of halogens is 2. The summed E-state index contributed by atoms with van der Waals surface area (Å²) in [5.74, 6) is -0.971. The molecule has 2 rings (SSSR count). The quantitative estimate of drug-likeness (QED) is 0.852. The zero-order valence-electron chi connectivity index (χ0n) is 11.4. The molecule has 0 radical (unpaired) electrons. The zero-order chi connectivity index (χ0) is 15.6. The Morgan fingerprint density at radius 3 is 2.76 bits per heavy atom. The van der Waals surface area contributed by atoms with Crippen LogP contribution in [0.1, 0.15) is 25.6 Å². The largest absolute Gasteiger partial charge is 0.481 e. The molecule has 1 aromatic heterocycles. The maximum atomic E-state index is 13.7. The van der Waals surface area contributed by atoms with E-state index >= 15 is 0 Å². The average Bonchev–Trinajstić information content (AvgIpc) is 2.83. The Labute approximate surface area is 130 Å². The van der Waals surface area contributed by atoms with Crippen molar-refractivity contribution in [2.45, 2.75) is 24.9 Å². The van der Waals surface area contributed by atoms with Crippen molar-refractivity contribution >= 4 is 29.3 Å². The number of carboxylic acid groups (broad SMARTS) is 1. The summed E-state index contributed by atoms with van der Waals surface area (Å²) in [6.45, 7) is 3.86. The monoisotopic (exact) mass is 329 g/mol. The molecule has 1 heterocycles. The lowest BCUT2D eigenvalue weighted by molar-refractivity contribution is -0.133. The summed E-state index contributed by atoms with van der Waals surface area (Å²) in [4.78, 5) is 10.7. The Bertz CT molecular complexity index is 675. The van der Waals surface area contributed by atoms with Gasteiger partial charge in [-0.1, -0.05) is 37.2 Å². The number of hydrogen-bond donors (Lipinski definition) is 1. The molecule has 0 aliphatic heterocycles. The van der Waals surface area contributed by atoms with Crippen LogP contribution in [0.25, 0.3) is 5.69 Å². The molecule has 1 N–H and O–H groups in total. The van der Waals surface area contributed by atoms with Gasteiger partial charge < -0.3 is 5.11 Å². The average molecular weight is 330 g/mol. The topological polar surface area (TPSA) is 68.0 Å². The molecule has 2 aromatic rings. The maximum absolute atomic E-state index is 13.7. The van der Waals surface area contributed by atoms with Crippen LogP contribution < -0.4 is 0 Å². The van der Waals surface area contributed by atoms with Crippen LogP contribution in [0.4, 0.5) is 4.39 Å². The molecular formula is C13H13ClFN3O2S. The van der Waals surface area contributed by atoms with Gasteiger partial charge in [0.05, 0.1) is 16.5 Å². The van der Waals surface area contributed by atoms with Gasteiger partial charge in [0.25, 0.3) is 0 Å². The van der Waals surface area contributed by atoms with Crippen molar-refractivity contribution in [2.75, 3.05) is 5.75 Å². The fraction of sp³-hybridized carbons (Fsp3) is 0.308. The summed E-state index contributed by atoms with van der Waals surface area (Å²) in [6.07, 6.45) is 0. The van der Waals surface area contributed by atoms with E-state index in [9.17, 15) is 9.18 Å². The van der Waals surface area contributed by atoms with E-state index in [-0.39, 0.29) is 16.7 Å². The predicted molar refractivity (Wildman–Crippen MR) is 78.8 cm³/mol. The number of aliphatic carboxylic acids is 1. The van der Waals surface area contributed by atoms with Crippen molar-refractivity contribution < 1.29 is 14.3 Å². The fourth-order valence-electron chi connectivity index (χ4n) is 1.74. The molecule has 0 atom stereocenters. The molecular weight excluding hydrogens is 317 g/mol. The van der Waals surface area contributed by atoms with E-state index in [1.165, 1.54) is 12.1 Å². The molecule has 0 unspecified atom stereocenters. The molecule has 0 saturated carbocycles. The van der Waals surface area contributed by atoms with Crippen molar-refractivity contribution in [3.05, 3.63) is 34.9 Å². The first kappa shape index (κ1) is 15.8. The van der Waals surface area contributed by atoms with E-state index in [2.05, 4.69) is 10.2 Å². The number of nitrogens with zero attached hydrogens (tertiary/aromatic N) is 3. The van der Waals surface area contributed by atoms with Crippen LogP contribution in [-0.4, -0.2) is 31.6 Å². The van der Waals surface area contributed by atoms with Gasteiger partial charge in [-0.2, -0.15) is 0 Å². The Hall–Kier alpha value is -1.60. The van der Waals surface area contributed by atoms with E-state index in [1.54, 1.807) is 10.6 Å². The summed E-state index contributed by atoms with van der Waals surface area (Å²) in [7, 11) is 0. The van der Waals surface area contributed by atoms with Crippen molar-refractivity contribution in [1.82, 2.24) is 14.8 Å². The van der Waals surface area contributed by atoms with Gasteiger partial charge in [0.1, 0.15) is 11.6 Å². The highest BCUT2D eigenvalue weighted by molar-refractivity contribution is 7.99. The highest BCUT2D eigenvalue weighted by Gasteiger charge is 2.18. The third-order valence-electron chi connectivity index (χ3n) is 2.66. The number of hydrogen-bond acceptors (Lipinski definition) is 4. The van der Waals surface area contributed by atoms with Crippen molar-refractivity contribution in [2.24, 2.45) is 0 Å². The summed E-state index contributed by atoms with van der Waals surface area (Å²) in [5, 5.41) is 17.3. The summed E-state index contributed by atoms with van der Waals surface area (Å²) < 4.78 is 15.3. The van der Waals surface area contributed by atoms with E-state index in [0.29, 0.717) is 16.7 Å². The second kappa shape index (κ2) is 6.44. The predicted octanol–water partition coefficient (Wildman–Crippen LogP) is 3.36. The molecule has 0 spiro atoms. The molecule has 0 bridgehead atoms. The number of rotatable bonds is 5. The molecule has 0 saturated heterocycles. The molecule has 8 heteroatoms. The van der Waals surface area contributed by atoms with Gasteiger partial charge in [-0.15, -0.1) is 10.2 Å². The first-order chi connectivity index (χ1) is 9.90. The smallest absolute Gasteiger partial charge is 0.313 e. The van der Waals surface area contributed by atoms with Gasteiger partial charge in [-0.05, 0) is 18.2 Å². The van der Waals surface area contributed by atoms with Gasteiger partial charge in [0.15, 0.2) is 5.16 Å². The minimum absolute atomic E-state index is 0.0256. The molecule has 112 valence electrons. The molecule has 0 amide bonds. The zero-order valence-corrected chi connectivity index (χ0v) is 13.0. The minimum Gasteiger partial charge on any atom is -0.481 e. The highest BCUT2D eigenvalue weighted by atomic mass is 35.5. The van der Waals surface area contributed by atoms with Crippen LogP contribution in [0.3, 0.4) is 0 Å². The summed E-state index contributed by atoms with van der Waals surface area (Å²) >= 11 is 6.72. The van der Waals surface area contributed by atoms with Crippen LogP contribution in [0.5, 0.6) is 0 Å². The Kier molecular flexibility index (Phi) is 4.84. The molecule has 5 nitrogen and oxygen atoms in total. The van der Waals surface area contributed by atoms with E-state index in [1.807, 2.05) is 13.8 Å². The van der Waals surface area contributed by atoms with E-state index in [4.69, 9.17) is 16.7 Å². The lowest BCUT2D eigenvalue weighted by Crippen LogP contribution is -2.06. The number of thioether (sulfide) groups is 1. The molecule has 0 aliphatic carbocycles. The molecule has 1 aromatic carbocycles. The Morgan fingerprint density at radius 1 is 1.48 bits per heavy atom. The van der Waals surface area contributed by atoms with E-state index < -0.39 is 11.8 Å². The number of carboxylic acids is 1. The molecule has 0 aliphatic rings. The molecule has 21 heavy (non-hydrogen) atoms. The van der Waals surface area contributed by atoms with E-state index in [0.717, 1.165) is 11.8 Å². The third-order valence-corrected chi connectivity index (χ3v) is 3.88. The van der Waals surface area contributed by atoms with Gasteiger partial charge in [0, 0.05) is 5.92 Å². The molecule has 0 fully saturated rings. The first-order valence-electron chi connectivity index (χ1n) is 6.15. The Balaban J connectivity index is 2.49. The maximum Gasteiger partial charge on any atom is 0.313 e. The SMILES string of the molecule is CC(C)c1nnc(SCC(=O)O)n1-c1ccc(Cl)c(F)c1. The summed E-state index contributed by atoms with van der Waals surface area (Å²) in [6, 6.07) is 4.37. The van der Waals surface area contributed by atoms with Gasteiger partial charge in [-0.3, -0.25) is 9.36 Å². The van der Waals surface area contributed by atoms with Crippen LogP contribution in [0.15, 0.2) is 23.4 Å². The second-order valence-electron chi connectivity index (χ2n) is 4.61. The lowest BCUT2D eigenvalue weighted by atomic mass is 10.2. The van der Waals surface area contributed by atoms with Gasteiger partial charge in [0.2, 0.25) is 0 Å². The second-order valence-corrected chi connectivity index (χ2v) is 5.96. The lowest BCUT2D eigenvalue weighted by Gasteiger charge is -2.12.